The van der Waals surface area contributed by atoms with Gasteiger partial charge in [-0.2, -0.15) is 0 Å². The maximum atomic E-state index is 12.4. The molecule has 0 aliphatic rings. The number of H-pyrrole nitrogens is 1. The fourth-order valence-electron chi connectivity index (χ4n) is 2.41. The Morgan fingerprint density at radius 3 is 2.96 bits per heavy atom. The van der Waals surface area contributed by atoms with Gasteiger partial charge in [-0.15, -0.1) is 0 Å². The van der Waals surface area contributed by atoms with Gasteiger partial charge in [0.2, 0.25) is 5.91 Å². The average Bonchev–Trinajstić information content (AvgIpc) is 2.92. The first-order valence-corrected chi connectivity index (χ1v) is 7.54. The molecule has 2 aromatic heterocycles. The summed E-state index contributed by atoms with van der Waals surface area (Å²) in [6, 6.07) is 6.60. The number of carbonyl (C=O) groups is 1. The normalized spacial score (nSPS) is 10.8. The minimum atomic E-state index is -0.383. The van der Waals surface area contributed by atoms with Gasteiger partial charge in [0.1, 0.15) is 24.3 Å². The number of fused-ring (bicyclic) bond motifs is 1. The lowest BCUT2D eigenvalue weighted by molar-refractivity contribution is -0.116. The molecule has 8 heteroatoms. The third kappa shape index (κ3) is 3.11. The average molecular weight is 347 g/mol. The first kappa shape index (κ1) is 16.1. The number of nitrogens with one attached hydrogen (secondary N) is 2. The molecule has 24 heavy (non-hydrogen) atoms. The quantitative estimate of drug-likeness (QED) is 0.758. The van der Waals surface area contributed by atoms with E-state index in [1.54, 1.807) is 24.3 Å². The number of benzene rings is 1. The number of rotatable bonds is 4. The van der Waals surface area contributed by atoms with Gasteiger partial charge in [-0.1, -0.05) is 11.6 Å². The predicted octanol–water partition coefficient (Wildman–Crippen LogP) is 2.33. The third-order valence-corrected chi connectivity index (χ3v) is 3.73. The summed E-state index contributed by atoms with van der Waals surface area (Å²) < 4.78 is 6.43. The van der Waals surface area contributed by atoms with Gasteiger partial charge < -0.3 is 15.0 Å². The molecule has 124 valence electrons. The molecule has 0 aliphatic carbocycles. The maximum absolute atomic E-state index is 12.4. The van der Waals surface area contributed by atoms with Crippen LogP contribution in [0, 0.1) is 6.92 Å². The molecule has 0 atom stereocenters. The van der Waals surface area contributed by atoms with E-state index in [9.17, 15) is 9.59 Å². The van der Waals surface area contributed by atoms with Gasteiger partial charge in [0, 0.05) is 10.7 Å². The van der Waals surface area contributed by atoms with Crippen molar-refractivity contribution in [2.24, 2.45) is 0 Å². The van der Waals surface area contributed by atoms with E-state index < -0.39 is 0 Å². The van der Waals surface area contributed by atoms with E-state index in [0.717, 1.165) is 5.69 Å². The smallest absolute Gasteiger partial charge is 0.263 e. The largest absolute Gasteiger partial charge is 0.495 e. The van der Waals surface area contributed by atoms with Crippen molar-refractivity contribution in [1.29, 1.82) is 0 Å². The Labute approximate surface area is 142 Å². The fourth-order valence-corrected chi connectivity index (χ4v) is 2.58. The highest BCUT2D eigenvalue weighted by Gasteiger charge is 2.12. The zero-order valence-electron chi connectivity index (χ0n) is 13.1. The van der Waals surface area contributed by atoms with Crippen molar-refractivity contribution in [2.75, 3.05) is 12.4 Å². The van der Waals surface area contributed by atoms with Crippen LogP contribution >= 0.6 is 11.6 Å². The number of halogens is 1. The molecule has 0 unspecified atom stereocenters. The summed E-state index contributed by atoms with van der Waals surface area (Å²) in [5.41, 5.74) is 1.50. The van der Waals surface area contributed by atoms with Crippen molar-refractivity contribution in [2.45, 2.75) is 13.5 Å². The van der Waals surface area contributed by atoms with Crippen LogP contribution in [0.2, 0.25) is 5.02 Å². The highest BCUT2D eigenvalue weighted by atomic mass is 35.5. The van der Waals surface area contributed by atoms with Crippen LogP contribution in [0.1, 0.15) is 5.69 Å². The zero-order valence-corrected chi connectivity index (χ0v) is 13.8. The zero-order chi connectivity index (χ0) is 17.3. The van der Waals surface area contributed by atoms with E-state index in [2.05, 4.69) is 15.3 Å². The molecule has 2 heterocycles. The number of hydrogen-bond acceptors (Lipinski definition) is 4. The lowest BCUT2D eigenvalue weighted by atomic mass is 10.3. The lowest BCUT2D eigenvalue weighted by Crippen LogP contribution is -2.27. The summed E-state index contributed by atoms with van der Waals surface area (Å²) in [5.74, 6) is 0.0982. The minimum absolute atomic E-state index is 0.165. The SMILES string of the molecule is COc1ccc(Cl)cc1NC(=O)Cn1cnc2[nH]c(C)cc2c1=O. The molecule has 0 aliphatic heterocycles. The highest BCUT2D eigenvalue weighted by Crippen LogP contribution is 2.27. The molecule has 0 bridgehead atoms. The number of aryl methyl sites for hydroxylation is 1. The Bertz CT molecular complexity index is 977. The lowest BCUT2D eigenvalue weighted by Gasteiger charge is -2.11. The van der Waals surface area contributed by atoms with Gasteiger partial charge in [-0.25, -0.2) is 4.98 Å². The summed E-state index contributed by atoms with van der Waals surface area (Å²) >= 11 is 5.93. The maximum Gasteiger partial charge on any atom is 0.263 e. The van der Waals surface area contributed by atoms with E-state index in [1.165, 1.54) is 18.0 Å². The number of hydrogen-bond donors (Lipinski definition) is 2. The van der Waals surface area contributed by atoms with Crippen LogP contribution in [0.3, 0.4) is 0 Å². The number of amides is 1. The fraction of sp³-hybridized carbons (Fsp3) is 0.188. The number of aromatic amines is 1. The Morgan fingerprint density at radius 2 is 2.21 bits per heavy atom. The molecule has 0 spiro atoms. The third-order valence-electron chi connectivity index (χ3n) is 3.50. The summed E-state index contributed by atoms with van der Waals surface area (Å²) in [4.78, 5) is 31.8. The molecule has 2 N–H and O–H groups in total. The van der Waals surface area contributed by atoms with Gasteiger partial charge in [-0.05, 0) is 31.2 Å². The number of ether oxygens (including phenoxy) is 1. The summed E-state index contributed by atoms with van der Waals surface area (Å²) in [7, 11) is 1.50. The molecule has 0 saturated heterocycles. The van der Waals surface area contributed by atoms with Gasteiger partial charge in [0.05, 0.1) is 18.2 Å². The van der Waals surface area contributed by atoms with E-state index >= 15 is 0 Å². The van der Waals surface area contributed by atoms with Crippen LogP contribution < -0.4 is 15.6 Å². The highest BCUT2D eigenvalue weighted by molar-refractivity contribution is 6.31. The summed E-state index contributed by atoms with van der Waals surface area (Å²) in [6.45, 7) is 1.67. The number of aromatic nitrogens is 3. The second-order valence-corrected chi connectivity index (χ2v) is 5.72. The molecule has 1 amide bonds. The van der Waals surface area contributed by atoms with Crippen LogP contribution in [-0.2, 0) is 11.3 Å². The van der Waals surface area contributed by atoms with Crippen molar-refractivity contribution in [3.8, 4) is 5.75 Å². The number of methoxy groups -OCH3 is 1. The Balaban J connectivity index is 1.84. The molecular weight excluding hydrogens is 332 g/mol. The molecule has 7 nitrogen and oxygen atoms in total. The molecule has 1 aromatic carbocycles. The molecule has 0 fully saturated rings. The van der Waals surface area contributed by atoms with Crippen LogP contribution in [0.15, 0.2) is 35.4 Å². The standard InChI is InChI=1S/C16H15ClN4O3/c1-9-5-11-15(19-9)18-8-21(16(11)23)7-14(22)20-12-6-10(17)3-4-13(12)24-2/h3-6,8,19H,7H2,1-2H3,(H,20,22). The second kappa shape index (κ2) is 6.37. The number of nitrogens with zero attached hydrogens (tertiary/aromatic N) is 2. The van der Waals surface area contributed by atoms with Gasteiger partial charge in [-0.3, -0.25) is 14.2 Å². The first-order chi connectivity index (χ1) is 11.5. The van der Waals surface area contributed by atoms with Gasteiger partial charge in [0.25, 0.3) is 5.56 Å². The Hall–Kier alpha value is -2.80. The minimum Gasteiger partial charge on any atom is -0.495 e. The van der Waals surface area contributed by atoms with Crippen LogP contribution in [0.4, 0.5) is 5.69 Å². The van der Waals surface area contributed by atoms with E-state index in [1.807, 2.05) is 6.92 Å². The summed E-state index contributed by atoms with van der Waals surface area (Å²) in [6.07, 6.45) is 1.34. The van der Waals surface area contributed by atoms with Gasteiger partial charge in [0.15, 0.2) is 0 Å². The summed E-state index contributed by atoms with van der Waals surface area (Å²) in [5, 5.41) is 3.60. The van der Waals surface area contributed by atoms with Crippen molar-refractivity contribution in [3.05, 3.63) is 51.7 Å². The van der Waals surface area contributed by atoms with E-state index in [4.69, 9.17) is 16.3 Å². The second-order valence-electron chi connectivity index (χ2n) is 5.29. The number of anilines is 1. The topological polar surface area (TPSA) is 89.0 Å². The molecular formula is C16H15ClN4O3. The van der Waals surface area contributed by atoms with Crippen molar-refractivity contribution < 1.29 is 9.53 Å². The van der Waals surface area contributed by atoms with E-state index in [0.29, 0.717) is 27.5 Å². The van der Waals surface area contributed by atoms with Crippen LogP contribution in [-0.4, -0.2) is 27.6 Å². The Kier molecular flexibility index (Phi) is 4.26. The molecule has 3 rings (SSSR count). The van der Waals surface area contributed by atoms with E-state index in [-0.39, 0.29) is 18.0 Å². The van der Waals surface area contributed by atoms with Crippen molar-refractivity contribution >= 4 is 34.2 Å². The monoisotopic (exact) mass is 346 g/mol. The first-order valence-electron chi connectivity index (χ1n) is 7.16. The molecule has 0 saturated carbocycles. The predicted molar refractivity (Wildman–Crippen MR) is 91.7 cm³/mol. The van der Waals surface area contributed by atoms with Crippen molar-refractivity contribution in [1.82, 2.24) is 14.5 Å². The van der Waals surface area contributed by atoms with Crippen LogP contribution in [0.5, 0.6) is 5.75 Å². The Morgan fingerprint density at radius 1 is 1.42 bits per heavy atom. The molecule has 3 aromatic rings. The molecule has 0 radical (unpaired) electrons. The number of carbonyl (C=O) groups excluding carboxylic acids is 1. The van der Waals surface area contributed by atoms with Gasteiger partial charge >= 0.3 is 0 Å². The van der Waals surface area contributed by atoms with Crippen molar-refractivity contribution in [3.63, 3.8) is 0 Å². The van der Waals surface area contributed by atoms with Crippen LogP contribution in [0.25, 0.3) is 11.0 Å².